The van der Waals surface area contributed by atoms with Crippen LogP contribution in [0.2, 0.25) is 0 Å². The molecule has 0 atom stereocenters. The zero-order valence-corrected chi connectivity index (χ0v) is 12.8. The second kappa shape index (κ2) is 8.77. The molecule has 0 aliphatic heterocycles. The maximum atomic E-state index is 12.0. The van der Waals surface area contributed by atoms with Crippen LogP contribution in [-0.2, 0) is 17.6 Å². The van der Waals surface area contributed by atoms with Crippen molar-refractivity contribution in [3.63, 3.8) is 0 Å². The number of thiol groups is 3. The first-order valence-electron chi connectivity index (χ1n) is 5.85. The van der Waals surface area contributed by atoms with Gasteiger partial charge in [-0.25, -0.2) is 4.79 Å². The third kappa shape index (κ3) is 4.44. The highest BCUT2D eigenvalue weighted by atomic mass is 32.1. The third-order valence-electron chi connectivity index (χ3n) is 2.56. The van der Waals surface area contributed by atoms with Crippen molar-refractivity contribution in [2.45, 2.75) is 12.8 Å². The summed E-state index contributed by atoms with van der Waals surface area (Å²) in [4.78, 5) is 12.0. The molecule has 0 spiro atoms. The van der Waals surface area contributed by atoms with Crippen LogP contribution in [0.1, 0.15) is 21.5 Å². The Hall–Kier alpha value is -0.260. The van der Waals surface area contributed by atoms with Crippen molar-refractivity contribution in [3.8, 4) is 0 Å². The standard InChI is InChI=1S/C13H18O2S3/c14-13(15-6-9-18)12-3-1-2-10(4-7-16)11(12)5-8-17/h1-3,16-18H,4-9H2. The minimum Gasteiger partial charge on any atom is -0.461 e. The summed E-state index contributed by atoms with van der Waals surface area (Å²) in [7, 11) is 0. The fraction of sp³-hybridized carbons (Fsp3) is 0.462. The van der Waals surface area contributed by atoms with Crippen LogP contribution in [0, 0.1) is 0 Å². The zero-order valence-electron chi connectivity index (χ0n) is 10.1. The number of carbonyl (C=O) groups is 1. The Morgan fingerprint density at radius 1 is 1.06 bits per heavy atom. The van der Waals surface area contributed by atoms with Crippen LogP contribution < -0.4 is 0 Å². The monoisotopic (exact) mass is 302 g/mol. The molecule has 2 nitrogen and oxygen atoms in total. The predicted octanol–water partition coefficient (Wildman–Crippen LogP) is 2.72. The summed E-state index contributed by atoms with van der Waals surface area (Å²) < 4.78 is 5.14. The van der Waals surface area contributed by atoms with Gasteiger partial charge in [-0.3, -0.25) is 0 Å². The van der Waals surface area contributed by atoms with Crippen molar-refractivity contribution < 1.29 is 9.53 Å². The first-order valence-corrected chi connectivity index (χ1v) is 7.74. The number of hydrogen-bond acceptors (Lipinski definition) is 5. The van der Waals surface area contributed by atoms with Gasteiger partial charge in [0.25, 0.3) is 0 Å². The van der Waals surface area contributed by atoms with E-state index < -0.39 is 0 Å². The Morgan fingerprint density at radius 2 is 1.78 bits per heavy atom. The largest absolute Gasteiger partial charge is 0.461 e. The summed E-state index contributed by atoms with van der Waals surface area (Å²) in [5.74, 6) is 1.72. The van der Waals surface area contributed by atoms with Gasteiger partial charge in [0.15, 0.2) is 0 Å². The molecule has 18 heavy (non-hydrogen) atoms. The van der Waals surface area contributed by atoms with Gasteiger partial charge in [-0.15, -0.1) is 0 Å². The molecule has 0 bridgehead atoms. The Kier molecular flexibility index (Phi) is 7.70. The van der Waals surface area contributed by atoms with Crippen LogP contribution >= 0.6 is 37.9 Å². The van der Waals surface area contributed by atoms with Gasteiger partial charge in [0.1, 0.15) is 6.61 Å². The lowest BCUT2D eigenvalue weighted by Crippen LogP contribution is -2.12. The van der Waals surface area contributed by atoms with Gasteiger partial charge < -0.3 is 4.74 Å². The number of rotatable bonds is 7. The summed E-state index contributed by atoms with van der Waals surface area (Å²) in [6.45, 7) is 0.332. The highest BCUT2D eigenvalue weighted by molar-refractivity contribution is 7.80. The molecule has 0 saturated carbocycles. The number of carbonyl (C=O) groups excluding carboxylic acids is 1. The average molecular weight is 302 g/mol. The normalized spacial score (nSPS) is 10.4. The van der Waals surface area contributed by atoms with E-state index in [9.17, 15) is 4.79 Å². The lowest BCUT2D eigenvalue weighted by atomic mass is 9.97. The molecule has 100 valence electrons. The number of aryl methyl sites for hydroxylation is 1. The highest BCUT2D eigenvalue weighted by Gasteiger charge is 2.15. The summed E-state index contributed by atoms with van der Waals surface area (Å²) >= 11 is 12.5. The summed E-state index contributed by atoms with van der Waals surface area (Å²) in [5, 5.41) is 0. The molecule has 0 saturated heterocycles. The lowest BCUT2D eigenvalue weighted by molar-refractivity contribution is 0.0529. The number of benzene rings is 1. The lowest BCUT2D eigenvalue weighted by Gasteiger charge is -2.13. The summed E-state index contributed by atoms with van der Waals surface area (Å²) in [6, 6.07) is 5.73. The fourth-order valence-electron chi connectivity index (χ4n) is 1.80. The fourth-order valence-corrected chi connectivity index (χ4v) is 2.36. The van der Waals surface area contributed by atoms with Gasteiger partial charge in [0, 0.05) is 5.75 Å². The van der Waals surface area contributed by atoms with Crippen LogP contribution in [0.4, 0.5) is 0 Å². The van der Waals surface area contributed by atoms with E-state index in [1.165, 1.54) is 0 Å². The average Bonchev–Trinajstić information content (AvgIpc) is 2.38. The topological polar surface area (TPSA) is 26.3 Å². The van der Waals surface area contributed by atoms with Crippen LogP contribution in [-0.4, -0.2) is 29.8 Å². The van der Waals surface area contributed by atoms with Gasteiger partial charge in [-0.2, -0.15) is 37.9 Å². The van der Waals surface area contributed by atoms with Gasteiger partial charge in [0.05, 0.1) is 5.56 Å². The summed E-state index contributed by atoms with van der Waals surface area (Å²) in [5.41, 5.74) is 2.83. The molecule has 1 rings (SSSR count). The van der Waals surface area contributed by atoms with Crippen LogP contribution in [0.25, 0.3) is 0 Å². The van der Waals surface area contributed by atoms with Crippen molar-refractivity contribution in [2.24, 2.45) is 0 Å². The molecule has 0 amide bonds. The zero-order chi connectivity index (χ0) is 13.4. The molecule has 5 heteroatoms. The molecule has 0 aliphatic carbocycles. The summed E-state index contributed by atoms with van der Waals surface area (Å²) in [6.07, 6.45) is 1.61. The molecule has 0 heterocycles. The van der Waals surface area contributed by atoms with E-state index in [2.05, 4.69) is 37.9 Å². The van der Waals surface area contributed by atoms with Crippen LogP contribution in [0.5, 0.6) is 0 Å². The molecule has 0 unspecified atom stereocenters. The van der Waals surface area contributed by atoms with E-state index in [1.54, 1.807) is 0 Å². The molecule has 0 aromatic heterocycles. The quantitative estimate of drug-likeness (QED) is 0.533. The minimum atomic E-state index is -0.276. The Bertz CT molecular complexity index is 394. The van der Waals surface area contributed by atoms with Gasteiger partial charge in [-0.1, -0.05) is 12.1 Å². The van der Waals surface area contributed by atoms with Gasteiger partial charge in [-0.05, 0) is 41.5 Å². The number of ether oxygens (including phenoxy) is 1. The molecule has 0 N–H and O–H groups in total. The van der Waals surface area contributed by atoms with Crippen molar-refractivity contribution in [1.82, 2.24) is 0 Å². The van der Waals surface area contributed by atoms with Crippen molar-refractivity contribution in [2.75, 3.05) is 23.9 Å². The maximum Gasteiger partial charge on any atom is 0.338 e. The van der Waals surface area contributed by atoms with E-state index in [0.29, 0.717) is 23.7 Å². The number of esters is 1. The molecule has 0 fully saturated rings. The van der Waals surface area contributed by atoms with E-state index in [4.69, 9.17) is 4.74 Å². The smallest absolute Gasteiger partial charge is 0.338 e. The van der Waals surface area contributed by atoms with E-state index >= 15 is 0 Å². The van der Waals surface area contributed by atoms with Crippen LogP contribution in [0.3, 0.4) is 0 Å². The van der Waals surface area contributed by atoms with E-state index in [1.807, 2.05) is 18.2 Å². The van der Waals surface area contributed by atoms with Crippen molar-refractivity contribution in [1.29, 1.82) is 0 Å². The van der Waals surface area contributed by atoms with Crippen molar-refractivity contribution in [3.05, 3.63) is 34.9 Å². The molecular weight excluding hydrogens is 284 g/mol. The van der Waals surface area contributed by atoms with Crippen molar-refractivity contribution >= 4 is 43.9 Å². The molecule has 0 radical (unpaired) electrons. The van der Waals surface area contributed by atoms with Crippen LogP contribution in [0.15, 0.2) is 18.2 Å². The minimum absolute atomic E-state index is 0.276. The molecule has 1 aromatic rings. The Morgan fingerprint density at radius 3 is 2.39 bits per heavy atom. The first kappa shape index (κ1) is 15.8. The predicted molar refractivity (Wildman–Crippen MR) is 85.7 cm³/mol. The molecular formula is C13H18O2S3. The maximum absolute atomic E-state index is 12.0. The van der Waals surface area contributed by atoms with Gasteiger partial charge in [0.2, 0.25) is 0 Å². The Balaban J connectivity index is 3.01. The number of hydrogen-bond donors (Lipinski definition) is 3. The highest BCUT2D eigenvalue weighted by Crippen LogP contribution is 2.18. The van der Waals surface area contributed by atoms with E-state index in [0.717, 1.165) is 29.7 Å². The third-order valence-corrected chi connectivity index (χ3v) is 3.19. The van der Waals surface area contributed by atoms with E-state index in [-0.39, 0.29) is 5.97 Å². The second-order valence-corrected chi connectivity index (χ2v) is 5.09. The van der Waals surface area contributed by atoms with Gasteiger partial charge >= 0.3 is 5.97 Å². The molecule has 1 aromatic carbocycles. The second-order valence-electron chi connectivity index (χ2n) is 3.75. The molecule has 0 aliphatic rings. The first-order chi connectivity index (χ1) is 8.74. The Labute approximate surface area is 125 Å². The SMILES string of the molecule is O=C(OCCS)c1cccc(CCS)c1CCS.